The molecule has 0 fully saturated rings. The molecule has 3 rings (SSSR count). The molecule has 2 aromatic heterocycles. The number of carbonyl (C=O) groups excluding carboxylic acids is 2. The highest BCUT2D eigenvalue weighted by atomic mass is 35.5. The molecule has 1 aliphatic rings. The van der Waals surface area contributed by atoms with Gasteiger partial charge in [-0.1, -0.05) is 0 Å². The van der Waals surface area contributed by atoms with E-state index in [-0.39, 0.29) is 40.8 Å². The molecule has 30 heavy (non-hydrogen) atoms. The largest absolute Gasteiger partial charge is 0.444 e. The van der Waals surface area contributed by atoms with Crippen LogP contribution in [0.4, 0.5) is 4.79 Å². The van der Waals surface area contributed by atoms with Gasteiger partial charge in [0.2, 0.25) is 5.28 Å². The Morgan fingerprint density at radius 3 is 2.60 bits per heavy atom. The van der Waals surface area contributed by atoms with Crippen molar-refractivity contribution in [1.82, 2.24) is 29.5 Å². The van der Waals surface area contributed by atoms with E-state index in [1.807, 2.05) is 6.92 Å². The molecular weight excluding hydrogens is 412 g/mol. The van der Waals surface area contributed by atoms with E-state index in [2.05, 4.69) is 15.4 Å². The molecule has 1 atom stereocenters. The first-order valence-electron chi connectivity index (χ1n) is 9.49. The molecule has 0 saturated heterocycles. The fourth-order valence-corrected chi connectivity index (χ4v) is 3.56. The van der Waals surface area contributed by atoms with Crippen LogP contribution in [0.5, 0.6) is 0 Å². The third-order valence-corrected chi connectivity index (χ3v) is 5.01. The van der Waals surface area contributed by atoms with E-state index in [0.29, 0.717) is 17.7 Å². The molecule has 162 valence electrons. The Kier molecular flexibility index (Phi) is 5.64. The van der Waals surface area contributed by atoms with Gasteiger partial charge < -0.3 is 10.1 Å². The van der Waals surface area contributed by atoms with Crippen molar-refractivity contribution in [3.8, 4) is 5.82 Å². The number of aromatic nitrogens is 4. The minimum absolute atomic E-state index is 0.0981. The quantitative estimate of drug-likeness (QED) is 0.716. The number of rotatable bonds is 2. The van der Waals surface area contributed by atoms with Crippen LogP contribution in [0, 0.1) is 0 Å². The van der Waals surface area contributed by atoms with Crippen LogP contribution < -0.4 is 10.9 Å². The summed E-state index contributed by atoms with van der Waals surface area (Å²) in [5, 5.41) is 6.65. The number of halogens is 1. The van der Waals surface area contributed by atoms with Crippen LogP contribution in [0.15, 0.2) is 10.9 Å². The smallest absolute Gasteiger partial charge is 0.410 e. The van der Waals surface area contributed by atoms with E-state index < -0.39 is 11.7 Å². The third-order valence-electron chi connectivity index (χ3n) is 4.76. The van der Waals surface area contributed by atoms with Gasteiger partial charge in [0.25, 0.3) is 11.5 Å². The first kappa shape index (κ1) is 21.8. The summed E-state index contributed by atoms with van der Waals surface area (Å²) in [4.78, 5) is 43.6. The van der Waals surface area contributed by atoms with Crippen LogP contribution in [-0.2, 0) is 24.8 Å². The fourth-order valence-electron chi connectivity index (χ4n) is 3.30. The number of ether oxygens (including phenoxy) is 1. The number of carbonyl (C=O) groups is 2. The van der Waals surface area contributed by atoms with E-state index in [1.54, 1.807) is 27.8 Å². The molecule has 0 saturated carbocycles. The lowest BCUT2D eigenvalue weighted by molar-refractivity contribution is 0.0133. The van der Waals surface area contributed by atoms with Gasteiger partial charge >= 0.3 is 6.09 Å². The normalized spacial score (nSPS) is 16.2. The molecule has 10 nitrogen and oxygen atoms in total. The van der Waals surface area contributed by atoms with Gasteiger partial charge in [-0.2, -0.15) is 5.10 Å². The monoisotopic (exact) mass is 436 g/mol. The third kappa shape index (κ3) is 4.04. The Labute approximate surface area is 178 Å². The van der Waals surface area contributed by atoms with E-state index in [0.717, 1.165) is 0 Å². The lowest BCUT2D eigenvalue weighted by Crippen LogP contribution is -2.47. The number of nitrogens with zero attached hydrogens (tertiary/aromatic N) is 5. The molecule has 11 heteroatoms. The van der Waals surface area contributed by atoms with Crippen molar-refractivity contribution in [2.45, 2.75) is 52.3 Å². The first-order chi connectivity index (χ1) is 13.9. The minimum Gasteiger partial charge on any atom is -0.444 e. The number of hydrogen-bond acceptors (Lipinski definition) is 6. The molecule has 0 aliphatic carbocycles. The second-order valence-electron chi connectivity index (χ2n) is 8.20. The Hall–Kier alpha value is -2.88. The Morgan fingerprint density at radius 2 is 2.00 bits per heavy atom. The Balaban J connectivity index is 2.01. The van der Waals surface area contributed by atoms with E-state index in [1.165, 1.54) is 27.3 Å². The van der Waals surface area contributed by atoms with Crippen LogP contribution in [-0.4, -0.2) is 54.9 Å². The van der Waals surface area contributed by atoms with Gasteiger partial charge in [0.15, 0.2) is 5.82 Å². The predicted octanol–water partition coefficient (Wildman–Crippen LogP) is 1.66. The van der Waals surface area contributed by atoms with Gasteiger partial charge in [-0.3, -0.25) is 19.2 Å². The van der Waals surface area contributed by atoms with Crippen LogP contribution >= 0.6 is 11.6 Å². The zero-order chi connectivity index (χ0) is 22.4. The second kappa shape index (κ2) is 7.75. The van der Waals surface area contributed by atoms with Gasteiger partial charge in [-0.15, -0.1) is 0 Å². The standard InChI is InChI=1S/C19H25ClN6O4/c1-10-7-11-12(9-25(10)18(29)30-19(2,3)4)22-17(20)26(16(11)28)14-8-13(15(27)21-5)24(6)23-14/h8,10H,7,9H2,1-6H3,(H,21,27)/t10-/m1/s1. The van der Waals surface area contributed by atoms with Crippen molar-refractivity contribution in [3.63, 3.8) is 0 Å². The summed E-state index contributed by atoms with van der Waals surface area (Å²) >= 11 is 6.31. The zero-order valence-corrected chi connectivity index (χ0v) is 18.6. The average Bonchev–Trinajstić information content (AvgIpc) is 3.01. The molecule has 0 bridgehead atoms. The molecule has 0 spiro atoms. The SMILES string of the molecule is CNC(=O)c1cc(-n2c(Cl)nc3c(c2=O)C[C@@H](C)N(C(=O)OC(C)(C)C)C3)nn1C. The predicted molar refractivity (Wildman–Crippen MR) is 110 cm³/mol. The molecule has 1 N–H and O–H groups in total. The summed E-state index contributed by atoms with van der Waals surface area (Å²) < 4.78 is 7.99. The number of hydrogen-bond donors (Lipinski definition) is 1. The van der Waals surface area contributed by atoms with Crippen LogP contribution in [0.25, 0.3) is 5.82 Å². The van der Waals surface area contributed by atoms with E-state index in [9.17, 15) is 14.4 Å². The molecule has 0 aromatic carbocycles. The number of fused-ring (bicyclic) bond motifs is 1. The van der Waals surface area contributed by atoms with Crippen molar-refractivity contribution in [2.24, 2.45) is 7.05 Å². The minimum atomic E-state index is -0.632. The summed E-state index contributed by atoms with van der Waals surface area (Å²) in [5.74, 6) is -0.142. The maximum atomic E-state index is 13.2. The maximum absolute atomic E-state index is 13.2. The molecular formula is C19H25ClN6O4. The summed E-state index contributed by atoms with van der Waals surface area (Å²) in [6.07, 6.45) is -0.171. The van der Waals surface area contributed by atoms with Gasteiger partial charge in [0.05, 0.1) is 12.2 Å². The van der Waals surface area contributed by atoms with Gasteiger partial charge in [0, 0.05) is 38.2 Å². The second-order valence-corrected chi connectivity index (χ2v) is 8.54. The van der Waals surface area contributed by atoms with Crippen molar-refractivity contribution < 1.29 is 14.3 Å². The van der Waals surface area contributed by atoms with Crippen molar-refractivity contribution in [3.05, 3.63) is 38.7 Å². The highest BCUT2D eigenvalue weighted by molar-refractivity contribution is 6.28. The summed E-state index contributed by atoms with van der Waals surface area (Å²) in [6, 6.07) is 1.21. The average molecular weight is 437 g/mol. The van der Waals surface area contributed by atoms with Crippen molar-refractivity contribution >= 4 is 23.6 Å². The first-order valence-corrected chi connectivity index (χ1v) is 9.87. The van der Waals surface area contributed by atoms with Gasteiger partial charge in [-0.25, -0.2) is 14.3 Å². The van der Waals surface area contributed by atoms with Crippen molar-refractivity contribution in [1.29, 1.82) is 0 Å². The molecule has 1 aliphatic heterocycles. The lowest BCUT2D eigenvalue weighted by Gasteiger charge is -2.35. The zero-order valence-electron chi connectivity index (χ0n) is 17.8. The topological polar surface area (TPSA) is 111 Å². The highest BCUT2D eigenvalue weighted by Gasteiger charge is 2.34. The summed E-state index contributed by atoms with van der Waals surface area (Å²) in [6.45, 7) is 7.34. The van der Waals surface area contributed by atoms with Crippen LogP contribution in [0.2, 0.25) is 5.28 Å². The number of nitrogens with one attached hydrogen (secondary N) is 1. The number of amides is 2. The fraction of sp³-hybridized carbons (Fsp3) is 0.526. The van der Waals surface area contributed by atoms with Crippen molar-refractivity contribution in [2.75, 3.05) is 7.05 Å². The van der Waals surface area contributed by atoms with E-state index >= 15 is 0 Å². The molecule has 3 heterocycles. The van der Waals surface area contributed by atoms with Gasteiger partial charge in [-0.05, 0) is 39.3 Å². The summed E-state index contributed by atoms with van der Waals surface area (Å²) in [5.41, 5.74) is 0.152. The Morgan fingerprint density at radius 1 is 1.33 bits per heavy atom. The van der Waals surface area contributed by atoms with Crippen LogP contribution in [0.3, 0.4) is 0 Å². The lowest BCUT2D eigenvalue weighted by atomic mass is 10.0. The highest BCUT2D eigenvalue weighted by Crippen LogP contribution is 2.24. The molecule has 2 aromatic rings. The Bertz CT molecular complexity index is 1070. The molecule has 0 radical (unpaired) electrons. The van der Waals surface area contributed by atoms with Crippen LogP contribution in [0.1, 0.15) is 49.4 Å². The molecule has 0 unspecified atom stereocenters. The maximum Gasteiger partial charge on any atom is 0.410 e. The van der Waals surface area contributed by atoms with Gasteiger partial charge in [0.1, 0.15) is 11.3 Å². The summed E-state index contributed by atoms with van der Waals surface area (Å²) in [7, 11) is 3.10. The number of aryl methyl sites for hydroxylation is 1. The molecule has 2 amide bonds. The van der Waals surface area contributed by atoms with E-state index in [4.69, 9.17) is 16.3 Å².